The highest BCUT2D eigenvalue weighted by Crippen LogP contribution is 2.59. The zero-order chi connectivity index (χ0) is 21.4. The minimum atomic E-state index is -0.881. The highest BCUT2D eigenvalue weighted by Gasteiger charge is 2.53. The molecule has 0 amide bonds. The Bertz CT molecular complexity index is 882. The first-order valence-electron chi connectivity index (χ1n) is 11.1. The molecule has 1 aromatic carbocycles. The minimum absolute atomic E-state index is 0.186. The molecule has 2 heteroatoms. The van der Waals surface area contributed by atoms with Crippen molar-refractivity contribution in [1.29, 1.82) is 0 Å². The van der Waals surface area contributed by atoms with E-state index < -0.39 is 5.97 Å². The highest BCUT2D eigenvalue weighted by atomic mass is 16.4. The Morgan fingerprint density at radius 2 is 2.03 bits per heavy atom. The number of benzene rings is 1. The average molecular weight is 393 g/mol. The molecule has 2 atom stereocenters. The van der Waals surface area contributed by atoms with E-state index >= 15 is 0 Å². The van der Waals surface area contributed by atoms with Gasteiger partial charge in [0.15, 0.2) is 0 Å². The summed E-state index contributed by atoms with van der Waals surface area (Å²) in [4.78, 5) is 10.9. The van der Waals surface area contributed by atoms with Gasteiger partial charge in [-0.05, 0) is 71.3 Å². The maximum absolute atomic E-state index is 10.9. The second-order valence-corrected chi connectivity index (χ2v) is 9.97. The van der Waals surface area contributed by atoms with Gasteiger partial charge in [-0.1, -0.05) is 77.5 Å². The smallest absolute Gasteiger partial charge is 0.328 e. The van der Waals surface area contributed by atoms with Crippen molar-refractivity contribution in [2.75, 3.05) is 0 Å². The monoisotopic (exact) mass is 392 g/mol. The lowest BCUT2D eigenvalue weighted by molar-refractivity contribution is -0.131. The van der Waals surface area contributed by atoms with Crippen molar-refractivity contribution in [3.05, 3.63) is 64.8 Å². The van der Waals surface area contributed by atoms with Gasteiger partial charge in [-0.3, -0.25) is 0 Å². The topological polar surface area (TPSA) is 37.3 Å². The molecular formula is C27H36O2. The van der Waals surface area contributed by atoms with Gasteiger partial charge in [0.1, 0.15) is 0 Å². The quantitative estimate of drug-likeness (QED) is 0.398. The summed E-state index contributed by atoms with van der Waals surface area (Å²) in [7, 11) is 0. The van der Waals surface area contributed by atoms with Gasteiger partial charge in [-0.15, -0.1) is 0 Å². The third-order valence-corrected chi connectivity index (χ3v) is 6.86. The first kappa shape index (κ1) is 21.6. The highest BCUT2D eigenvalue weighted by molar-refractivity contribution is 5.81. The van der Waals surface area contributed by atoms with Gasteiger partial charge >= 0.3 is 5.97 Å². The number of hydrogen-bond donors (Lipinski definition) is 1. The number of aliphatic carboxylic acids is 1. The van der Waals surface area contributed by atoms with Crippen molar-refractivity contribution in [2.45, 2.75) is 78.1 Å². The lowest BCUT2D eigenvalue weighted by Crippen LogP contribution is -2.23. The molecule has 0 saturated heterocycles. The Balaban J connectivity index is 1.97. The number of carboxylic acid groups (broad SMARTS) is 1. The SMILES string of the molecule is CCCC1(c2ccc3c(c2)C(C(C)C)=CCC3(C)C)CC1/C=C/C(C)=C/C(=O)O. The van der Waals surface area contributed by atoms with Crippen LogP contribution < -0.4 is 0 Å². The molecule has 0 heterocycles. The van der Waals surface area contributed by atoms with Crippen molar-refractivity contribution >= 4 is 11.5 Å². The average Bonchev–Trinajstić information content (AvgIpc) is 3.33. The molecular weight excluding hydrogens is 356 g/mol. The van der Waals surface area contributed by atoms with E-state index in [1.54, 1.807) is 0 Å². The molecule has 2 aliphatic carbocycles. The first-order valence-corrected chi connectivity index (χ1v) is 11.1. The Labute approximate surface area is 176 Å². The molecule has 156 valence electrons. The van der Waals surface area contributed by atoms with Crippen LogP contribution in [0.3, 0.4) is 0 Å². The maximum Gasteiger partial charge on any atom is 0.328 e. The fraction of sp³-hybridized carbons (Fsp3) is 0.519. The number of allylic oxidation sites excluding steroid dienone is 5. The van der Waals surface area contributed by atoms with E-state index in [1.807, 2.05) is 13.0 Å². The van der Waals surface area contributed by atoms with E-state index in [9.17, 15) is 4.79 Å². The summed E-state index contributed by atoms with van der Waals surface area (Å²) in [5.41, 5.74) is 7.05. The molecule has 3 rings (SSSR count). The van der Waals surface area contributed by atoms with Gasteiger partial charge in [0.25, 0.3) is 0 Å². The van der Waals surface area contributed by atoms with Crippen LogP contribution in [0.15, 0.2) is 48.1 Å². The lowest BCUT2D eigenvalue weighted by atomic mass is 9.70. The van der Waals surface area contributed by atoms with Crippen LogP contribution in [0.4, 0.5) is 0 Å². The van der Waals surface area contributed by atoms with Crippen LogP contribution in [0.25, 0.3) is 5.57 Å². The third-order valence-electron chi connectivity index (χ3n) is 6.86. The number of hydrogen-bond acceptors (Lipinski definition) is 1. The first-order chi connectivity index (χ1) is 13.6. The molecule has 0 spiro atoms. The molecule has 0 aromatic heterocycles. The molecule has 0 bridgehead atoms. The summed E-state index contributed by atoms with van der Waals surface area (Å²) < 4.78 is 0. The molecule has 1 aromatic rings. The van der Waals surface area contributed by atoms with E-state index in [2.05, 4.69) is 65.0 Å². The molecule has 2 unspecified atom stereocenters. The van der Waals surface area contributed by atoms with Crippen molar-refractivity contribution in [3.63, 3.8) is 0 Å². The van der Waals surface area contributed by atoms with Crippen molar-refractivity contribution in [3.8, 4) is 0 Å². The van der Waals surface area contributed by atoms with E-state index in [-0.39, 0.29) is 10.8 Å². The number of fused-ring (bicyclic) bond motifs is 1. The summed E-state index contributed by atoms with van der Waals surface area (Å²) in [6, 6.07) is 7.23. The summed E-state index contributed by atoms with van der Waals surface area (Å²) in [6.07, 6.45) is 12.5. The van der Waals surface area contributed by atoms with Gasteiger partial charge < -0.3 is 5.11 Å². The molecule has 0 aliphatic heterocycles. The van der Waals surface area contributed by atoms with Crippen LogP contribution in [0, 0.1) is 11.8 Å². The van der Waals surface area contributed by atoms with E-state index in [0.717, 1.165) is 24.8 Å². The van der Waals surface area contributed by atoms with Crippen molar-refractivity contribution in [2.24, 2.45) is 11.8 Å². The van der Waals surface area contributed by atoms with Gasteiger partial charge in [0.2, 0.25) is 0 Å². The molecule has 1 N–H and O–H groups in total. The standard InChI is InChI=1S/C27H36O2/c1-7-13-27(17-21(27)9-8-19(4)15-25(28)29)20-10-11-24-23(16-20)22(18(2)3)12-14-26(24,5)6/h8-12,15-16,18,21H,7,13-14,17H2,1-6H3,(H,28,29)/b9-8+,19-15+. The second-order valence-electron chi connectivity index (χ2n) is 9.97. The summed E-state index contributed by atoms with van der Waals surface area (Å²) >= 11 is 0. The summed E-state index contributed by atoms with van der Waals surface area (Å²) in [6.45, 7) is 13.4. The van der Waals surface area contributed by atoms with Gasteiger partial charge in [0.05, 0.1) is 0 Å². The molecule has 0 radical (unpaired) electrons. The van der Waals surface area contributed by atoms with Crippen molar-refractivity contribution < 1.29 is 9.90 Å². The summed E-state index contributed by atoms with van der Waals surface area (Å²) in [5, 5.41) is 8.94. The molecule has 29 heavy (non-hydrogen) atoms. The number of carbonyl (C=O) groups is 1. The van der Waals surface area contributed by atoms with Gasteiger partial charge in [0, 0.05) is 11.5 Å². The van der Waals surface area contributed by atoms with Crippen molar-refractivity contribution in [1.82, 2.24) is 0 Å². The molecule has 1 fully saturated rings. The zero-order valence-corrected chi connectivity index (χ0v) is 18.9. The predicted molar refractivity (Wildman–Crippen MR) is 122 cm³/mol. The summed E-state index contributed by atoms with van der Waals surface area (Å²) in [5.74, 6) is 0.134. The second kappa shape index (κ2) is 7.97. The van der Waals surface area contributed by atoms with Crippen LogP contribution in [-0.4, -0.2) is 11.1 Å². The lowest BCUT2D eigenvalue weighted by Gasteiger charge is -2.34. The van der Waals surface area contributed by atoms with Crippen LogP contribution in [0.5, 0.6) is 0 Å². The largest absolute Gasteiger partial charge is 0.478 e. The van der Waals surface area contributed by atoms with E-state index in [0.29, 0.717) is 11.8 Å². The Kier molecular flexibility index (Phi) is 5.94. The Morgan fingerprint density at radius 3 is 2.66 bits per heavy atom. The van der Waals surface area contributed by atoms with Crippen LogP contribution in [0.1, 0.15) is 83.9 Å². The van der Waals surface area contributed by atoms with Crippen LogP contribution in [-0.2, 0) is 15.6 Å². The number of carboxylic acids is 1. The fourth-order valence-corrected chi connectivity index (χ4v) is 5.12. The minimum Gasteiger partial charge on any atom is -0.478 e. The molecule has 1 saturated carbocycles. The molecule has 2 nitrogen and oxygen atoms in total. The number of rotatable bonds is 7. The third kappa shape index (κ3) is 4.27. The van der Waals surface area contributed by atoms with Crippen LogP contribution >= 0.6 is 0 Å². The van der Waals surface area contributed by atoms with E-state index in [4.69, 9.17) is 5.11 Å². The molecule has 2 aliphatic rings. The Morgan fingerprint density at radius 1 is 1.31 bits per heavy atom. The van der Waals surface area contributed by atoms with Gasteiger partial charge in [-0.25, -0.2) is 4.79 Å². The maximum atomic E-state index is 10.9. The van der Waals surface area contributed by atoms with Gasteiger partial charge in [-0.2, -0.15) is 0 Å². The predicted octanol–water partition coefficient (Wildman–Crippen LogP) is 7.05. The van der Waals surface area contributed by atoms with E-state index in [1.165, 1.54) is 34.8 Å². The van der Waals surface area contributed by atoms with Crippen LogP contribution in [0.2, 0.25) is 0 Å². The zero-order valence-electron chi connectivity index (χ0n) is 18.9. The normalized spacial score (nSPS) is 25.8. The fourth-order valence-electron chi connectivity index (χ4n) is 5.12. The Hall–Kier alpha value is -2.09.